The minimum Gasteiger partial charge on any atom is -0.483 e. The molecule has 0 radical (unpaired) electrons. The number of carboxylic acid groups (broad SMARTS) is 2. The van der Waals surface area contributed by atoms with Gasteiger partial charge in [0.25, 0.3) is 6.47 Å². The fraction of sp³-hybridized carbons (Fsp3) is 0.600. The zero-order valence-electron chi connectivity index (χ0n) is 5.20. The summed E-state index contributed by atoms with van der Waals surface area (Å²) >= 11 is 0. The summed E-state index contributed by atoms with van der Waals surface area (Å²) in [6.45, 7) is 1.59. The molecule has 2 N–H and O–H groups in total. The van der Waals surface area contributed by atoms with Gasteiger partial charge in [-0.25, -0.2) is 0 Å². The van der Waals surface area contributed by atoms with Crippen LogP contribution in [0.15, 0.2) is 0 Å². The summed E-state index contributed by atoms with van der Waals surface area (Å²) in [6.07, 6.45) is 1.02. The van der Waals surface area contributed by atoms with Crippen molar-refractivity contribution >= 4 is 12.4 Å². The number of aliphatic carboxylic acids is 1. The topological polar surface area (TPSA) is 74.6 Å². The molecule has 4 nitrogen and oxygen atoms in total. The lowest BCUT2D eigenvalue weighted by Crippen LogP contribution is -1.90. The third-order valence-corrected chi connectivity index (χ3v) is 0.464. The molecule has 4 heteroatoms. The fourth-order valence-corrected chi connectivity index (χ4v) is 0.214. The second-order valence-corrected chi connectivity index (χ2v) is 1.25. The van der Waals surface area contributed by atoms with Gasteiger partial charge in [-0.15, -0.1) is 0 Å². The molecule has 0 aliphatic heterocycles. The normalized spacial score (nSPS) is 6.78. The van der Waals surface area contributed by atoms with Gasteiger partial charge in [-0.05, 0) is 6.42 Å². The van der Waals surface area contributed by atoms with Crippen molar-refractivity contribution in [1.29, 1.82) is 0 Å². The van der Waals surface area contributed by atoms with Crippen LogP contribution in [-0.2, 0) is 9.59 Å². The summed E-state index contributed by atoms with van der Waals surface area (Å²) in [7, 11) is 0. The Kier molecular flexibility index (Phi) is 12.1. The zero-order valence-corrected chi connectivity index (χ0v) is 5.20. The molecule has 0 atom stereocenters. The van der Waals surface area contributed by atoms with Crippen LogP contribution >= 0.6 is 0 Å². The molecule has 0 aliphatic rings. The molecule has 0 aromatic carbocycles. The molecule has 0 rings (SSSR count). The second-order valence-electron chi connectivity index (χ2n) is 1.25. The van der Waals surface area contributed by atoms with Crippen molar-refractivity contribution in [2.45, 2.75) is 19.8 Å². The predicted molar refractivity (Wildman–Crippen MR) is 31.2 cm³/mol. The van der Waals surface area contributed by atoms with Crippen LogP contribution < -0.4 is 0 Å². The highest BCUT2D eigenvalue weighted by Crippen LogP contribution is 1.82. The zero-order chi connectivity index (χ0) is 7.70. The van der Waals surface area contributed by atoms with Crippen molar-refractivity contribution in [3.63, 3.8) is 0 Å². The van der Waals surface area contributed by atoms with Crippen molar-refractivity contribution in [1.82, 2.24) is 0 Å². The maximum Gasteiger partial charge on any atom is 0.303 e. The minimum absolute atomic E-state index is 0.250. The van der Waals surface area contributed by atoms with Crippen molar-refractivity contribution in [3.05, 3.63) is 0 Å². The molecule has 9 heavy (non-hydrogen) atoms. The summed E-state index contributed by atoms with van der Waals surface area (Å²) in [5.41, 5.74) is 0. The van der Waals surface area contributed by atoms with Crippen LogP contribution in [0, 0.1) is 0 Å². The summed E-state index contributed by atoms with van der Waals surface area (Å²) in [4.78, 5) is 18.0. The SMILES string of the molecule is CCCC(=O)O.O=CO. The Morgan fingerprint density at radius 3 is 2.00 bits per heavy atom. The lowest BCUT2D eigenvalue weighted by atomic mass is 10.4. The van der Waals surface area contributed by atoms with Gasteiger partial charge in [0.2, 0.25) is 0 Å². The largest absolute Gasteiger partial charge is 0.483 e. The summed E-state index contributed by atoms with van der Waals surface area (Å²) in [5, 5.41) is 14.8. The Labute approximate surface area is 53.1 Å². The van der Waals surface area contributed by atoms with Gasteiger partial charge in [0.1, 0.15) is 0 Å². The van der Waals surface area contributed by atoms with Crippen molar-refractivity contribution in [2.75, 3.05) is 0 Å². The molecule has 0 unspecified atom stereocenters. The Hall–Kier alpha value is -1.06. The Morgan fingerprint density at radius 2 is 2.00 bits per heavy atom. The molecular weight excluding hydrogens is 124 g/mol. The highest BCUT2D eigenvalue weighted by atomic mass is 16.4. The molecule has 54 valence electrons. The van der Waals surface area contributed by atoms with Gasteiger partial charge < -0.3 is 10.2 Å². The average molecular weight is 134 g/mol. The van der Waals surface area contributed by atoms with Crippen LogP contribution in [0.1, 0.15) is 19.8 Å². The highest BCUT2D eigenvalue weighted by Gasteiger charge is 1.87. The molecule has 0 aromatic heterocycles. The quantitative estimate of drug-likeness (QED) is 0.541. The number of rotatable bonds is 2. The molecule has 0 fully saturated rings. The first-order valence-corrected chi connectivity index (χ1v) is 2.48. The van der Waals surface area contributed by atoms with E-state index in [0.29, 0.717) is 6.42 Å². The first kappa shape index (κ1) is 10.8. The first-order valence-electron chi connectivity index (χ1n) is 2.48. The van der Waals surface area contributed by atoms with Crippen LogP contribution in [0.5, 0.6) is 0 Å². The minimum atomic E-state index is -0.711. The summed E-state index contributed by atoms with van der Waals surface area (Å²) < 4.78 is 0. The monoisotopic (exact) mass is 134 g/mol. The molecule has 0 aromatic rings. The van der Waals surface area contributed by atoms with Crippen LogP contribution in [0.2, 0.25) is 0 Å². The van der Waals surface area contributed by atoms with Gasteiger partial charge in [0, 0.05) is 6.42 Å². The Bertz CT molecular complexity index is 79.0. The average Bonchev–Trinajstić information content (AvgIpc) is 1.67. The van der Waals surface area contributed by atoms with E-state index in [-0.39, 0.29) is 6.47 Å². The molecule has 0 saturated carbocycles. The molecule has 0 bridgehead atoms. The lowest BCUT2D eigenvalue weighted by molar-refractivity contribution is -0.137. The van der Waals surface area contributed by atoms with E-state index < -0.39 is 5.97 Å². The van der Waals surface area contributed by atoms with E-state index in [1.165, 1.54) is 0 Å². The van der Waals surface area contributed by atoms with Gasteiger partial charge in [-0.3, -0.25) is 9.59 Å². The fourth-order valence-electron chi connectivity index (χ4n) is 0.214. The van der Waals surface area contributed by atoms with Crippen LogP contribution in [0.3, 0.4) is 0 Å². The van der Waals surface area contributed by atoms with Gasteiger partial charge in [-0.1, -0.05) is 6.92 Å². The van der Waals surface area contributed by atoms with Gasteiger partial charge in [0.05, 0.1) is 0 Å². The first-order chi connectivity index (χ1) is 4.18. The molecule has 0 saturated heterocycles. The molecule has 0 amide bonds. The Balaban J connectivity index is 0. The molecule has 0 spiro atoms. The Morgan fingerprint density at radius 1 is 1.67 bits per heavy atom. The van der Waals surface area contributed by atoms with Crippen LogP contribution in [-0.4, -0.2) is 22.7 Å². The third-order valence-electron chi connectivity index (χ3n) is 0.464. The summed E-state index contributed by atoms with van der Waals surface area (Å²) in [6, 6.07) is 0. The number of carbonyl (C=O) groups is 2. The number of hydrogen-bond donors (Lipinski definition) is 2. The smallest absolute Gasteiger partial charge is 0.303 e. The maximum absolute atomic E-state index is 9.60. The third kappa shape index (κ3) is 45.0. The molecule has 0 aliphatic carbocycles. The highest BCUT2D eigenvalue weighted by molar-refractivity contribution is 5.66. The molecule has 0 heterocycles. The van der Waals surface area contributed by atoms with Crippen molar-refractivity contribution < 1.29 is 19.8 Å². The second kappa shape index (κ2) is 10.0. The number of hydrogen-bond acceptors (Lipinski definition) is 2. The lowest BCUT2D eigenvalue weighted by Gasteiger charge is -1.79. The van der Waals surface area contributed by atoms with E-state index in [1.54, 1.807) is 0 Å². The summed E-state index contributed by atoms with van der Waals surface area (Å²) in [5.74, 6) is -0.711. The standard InChI is InChI=1S/C4H8O2.CH2O2/c1-2-3-4(5)6;2-1-3/h2-3H2,1H3,(H,5,6);1H,(H,2,3). The van der Waals surface area contributed by atoms with Gasteiger partial charge in [-0.2, -0.15) is 0 Å². The van der Waals surface area contributed by atoms with E-state index in [9.17, 15) is 4.79 Å². The number of carboxylic acids is 1. The van der Waals surface area contributed by atoms with E-state index in [4.69, 9.17) is 15.0 Å². The van der Waals surface area contributed by atoms with Gasteiger partial charge >= 0.3 is 5.97 Å². The predicted octanol–water partition coefficient (Wildman–Crippen LogP) is 0.572. The van der Waals surface area contributed by atoms with Crippen molar-refractivity contribution in [3.8, 4) is 0 Å². The van der Waals surface area contributed by atoms with Crippen molar-refractivity contribution in [2.24, 2.45) is 0 Å². The van der Waals surface area contributed by atoms with E-state index in [0.717, 1.165) is 6.42 Å². The van der Waals surface area contributed by atoms with E-state index >= 15 is 0 Å². The van der Waals surface area contributed by atoms with E-state index in [2.05, 4.69) is 0 Å². The van der Waals surface area contributed by atoms with Crippen LogP contribution in [0.25, 0.3) is 0 Å². The van der Waals surface area contributed by atoms with E-state index in [1.807, 2.05) is 6.92 Å². The van der Waals surface area contributed by atoms with Crippen LogP contribution in [0.4, 0.5) is 0 Å². The maximum atomic E-state index is 9.60. The van der Waals surface area contributed by atoms with Gasteiger partial charge in [0.15, 0.2) is 0 Å². The molecular formula is C5H10O4.